The van der Waals surface area contributed by atoms with E-state index < -0.39 is 34.9 Å². The van der Waals surface area contributed by atoms with Gasteiger partial charge in [-0.25, -0.2) is 17.6 Å². The molecular weight excluding hydrogens is 797 g/mol. The van der Waals surface area contributed by atoms with E-state index in [0.717, 1.165) is 34.2 Å². The molecule has 6 atom stereocenters. The van der Waals surface area contributed by atoms with E-state index in [-0.39, 0.29) is 59.9 Å². The highest BCUT2D eigenvalue weighted by Gasteiger charge is 2.57. The molecule has 0 radical (unpaired) electrons. The van der Waals surface area contributed by atoms with Crippen LogP contribution in [-0.2, 0) is 44.0 Å². The number of benzene rings is 3. The number of fused-ring (bicyclic) bond motifs is 2. The normalized spacial score (nSPS) is 24.2. The van der Waals surface area contributed by atoms with E-state index in [1.54, 1.807) is 24.1 Å². The summed E-state index contributed by atoms with van der Waals surface area (Å²) in [5, 5.41) is 3.25. The largest absolute Gasteiger partial charge is 0.490 e. The molecule has 4 aliphatic rings. The number of hydrogen-bond acceptors (Lipinski definition) is 7. The third-order valence-corrected chi connectivity index (χ3v) is 15.0. The standard InChI is InChI=1S/C46H60F4N4O5S/c1-30-39-22-35(45(39,5)6)23-40(30)51-42(55)41-19-20-60(57,58)54(41)26-32-12-10-11-31(21-32)25-53(27-34-13-8-9-14-38(34)33-15-17-36(47)18-16-33)37(24-44(2,3)4)28-52(7)29-59-43(56)46(48,49)50/h8-18,21,30,35,37,39-41H,19-20,22-29H2,1-7H3,(H,51,55)/t30-,35+,37-,39-,40-,41?/m0/s1. The van der Waals surface area contributed by atoms with Crippen LogP contribution in [0.15, 0.2) is 72.8 Å². The number of carbonyl (C=O) groups excluding carboxylic acids is 2. The number of rotatable bonds is 15. The van der Waals surface area contributed by atoms with E-state index in [0.29, 0.717) is 37.3 Å². The Labute approximate surface area is 352 Å². The molecule has 1 unspecified atom stereocenters. The molecule has 1 N–H and O–H groups in total. The summed E-state index contributed by atoms with van der Waals surface area (Å²) in [7, 11) is -2.10. The van der Waals surface area contributed by atoms with Gasteiger partial charge in [0.1, 0.15) is 18.6 Å². The number of ether oxygens (including phenoxy) is 1. The van der Waals surface area contributed by atoms with Crippen molar-refractivity contribution in [3.05, 3.63) is 95.3 Å². The lowest BCUT2D eigenvalue weighted by Crippen LogP contribution is -2.61. The van der Waals surface area contributed by atoms with E-state index in [2.05, 4.69) is 56.5 Å². The van der Waals surface area contributed by atoms with Gasteiger partial charge in [-0.2, -0.15) is 17.5 Å². The maximum Gasteiger partial charge on any atom is 0.490 e. The Balaban J connectivity index is 1.26. The van der Waals surface area contributed by atoms with Crippen molar-refractivity contribution in [2.45, 2.75) is 111 Å². The summed E-state index contributed by atoms with van der Waals surface area (Å²) in [4.78, 5) is 29.2. The van der Waals surface area contributed by atoms with Crippen molar-refractivity contribution in [3.8, 4) is 11.1 Å². The van der Waals surface area contributed by atoms with E-state index in [1.807, 2.05) is 48.5 Å². The Bertz CT molecular complexity index is 2110. The summed E-state index contributed by atoms with van der Waals surface area (Å²) in [5.74, 6) is -1.59. The minimum atomic E-state index is -5.11. The Kier molecular flexibility index (Phi) is 13.6. The number of likely N-dealkylation sites (N-methyl/N-ethyl adjacent to an activating group) is 1. The van der Waals surface area contributed by atoms with Crippen LogP contribution in [0, 0.1) is 34.4 Å². The summed E-state index contributed by atoms with van der Waals surface area (Å²) in [6, 6.07) is 20.6. The second kappa shape index (κ2) is 17.9. The fourth-order valence-corrected chi connectivity index (χ4v) is 11.5. The smallest absolute Gasteiger partial charge is 0.443 e. The van der Waals surface area contributed by atoms with Gasteiger partial charge in [-0.3, -0.25) is 14.6 Å². The number of carbonyl (C=O) groups is 2. The summed E-state index contributed by atoms with van der Waals surface area (Å²) in [6.45, 7) is 13.5. The molecule has 0 aromatic heterocycles. The maximum absolute atomic E-state index is 14.0. The average molecular weight is 857 g/mol. The molecule has 2 bridgehead atoms. The molecule has 60 heavy (non-hydrogen) atoms. The van der Waals surface area contributed by atoms with Crippen LogP contribution in [0.3, 0.4) is 0 Å². The number of amides is 1. The molecule has 3 aromatic rings. The zero-order chi connectivity index (χ0) is 43.8. The number of halogens is 4. The van der Waals surface area contributed by atoms with Gasteiger partial charge in [0.15, 0.2) is 0 Å². The predicted octanol–water partition coefficient (Wildman–Crippen LogP) is 8.39. The molecule has 3 aliphatic carbocycles. The van der Waals surface area contributed by atoms with E-state index in [9.17, 15) is 35.6 Å². The average Bonchev–Trinajstić information content (AvgIpc) is 3.46. The molecule has 3 saturated carbocycles. The van der Waals surface area contributed by atoms with Gasteiger partial charge in [0.25, 0.3) is 0 Å². The quantitative estimate of drug-likeness (QED) is 0.0932. The number of sulfonamides is 1. The lowest BCUT2D eigenvalue weighted by Gasteiger charge is -2.62. The molecule has 328 valence electrons. The van der Waals surface area contributed by atoms with Crippen LogP contribution in [-0.4, -0.2) is 84.8 Å². The van der Waals surface area contributed by atoms with E-state index in [4.69, 9.17) is 0 Å². The first-order valence-electron chi connectivity index (χ1n) is 20.9. The van der Waals surface area contributed by atoms with Crippen LogP contribution in [0.4, 0.5) is 17.6 Å². The molecule has 0 spiro atoms. The minimum Gasteiger partial charge on any atom is -0.443 e. The highest BCUT2D eigenvalue weighted by Crippen LogP contribution is 2.61. The van der Waals surface area contributed by atoms with Gasteiger partial charge in [-0.05, 0) is 101 Å². The molecular formula is C46H60F4N4O5S. The fourth-order valence-electron chi connectivity index (χ4n) is 9.83. The van der Waals surface area contributed by atoms with Crippen LogP contribution in [0.25, 0.3) is 11.1 Å². The molecule has 1 heterocycles. The summed E-state index contributed by atoms with van der Waals surface area (Å²) < 4.78 is 86.0. The van der Waals surface area contributed by atoms with Crippen molar-refractivity contribution in [2.75, 3.05) is 26.1 Å². The number of alkyl halides is 3. The predicted molar refractivity (Wildman–Crippen MR) is 224 cm³/mol. The number of esters is 1. The molecule has 9 nitrogen and oxygen atoms in total. The maximum atomic E-state index is 14.0. The van der Waals surface area contributed by atoms with Crippen molar-refractivity contribution in [1.29, 1.82) is 0 Å². The molecule has 1 aliphatic heterocycles. The lowest BCUT2D eigenvalue weighted by molar-refractivity contribution is -0.203. The van der Waals surface area contributed by atoms with Crippen molar-refractivity contribution >= 4 is 21.9 Å². The topological polar surface area (TPSA) is 99.3 Å². The Morgan fingerprint density at radius 1 is 0.967 bits per heavy atom. The van der Waals surface area contributed by atoms with Crippen LogP contribution in [0.5, 0.6) is 0 Å². The Hall–Kier alpha value is -3.85. The zero-order valence-electron chi connectivity index (χ0n) is 35.8. The molecule has 7 rings (SSSR count). The van der Waals surface area contributed by atoms with Gasteiger partial charge in [-0.1, -0.05) is 102 Å². The first-order chi connectivity index (χ1) is 28.0. The van der Waals surface area contributed by atoms with Crippen molar-refractivity contribution in [1.82, 2.24) is 19.4 Å². The second-order valence-corrected chi connectivity index (χ2v) is 21.2. The summed E-state index contributed by atoms with van der Waals surface area (Å²) >= 11 is 0. The first kappa shape index (κ1) is 45.7. The van der Waals surface area contributed by atoms with Crippen LogP contribution < -0.4 is 5.32 Å². The third kappa shape index (κ3) is 10.8. The van der Waals surface area contributed by atoms with Gasteiger partial charge >= 0.3 is 12.1 Å². The monoisotopic (exact) mass is 856 g/mol. The first-order valence-corrected chi connectivity index (χ1v) is 22.5. The number of nitrogens with one attached hydrogen (secondary N) is 1. The van der Waals surface area contributed by atoms with E-state index in [1.165, 1.54) is 22.9 Å². The molecule has 14 heteroatoms. The molecule has 4 fully saturated rings. The van der Waals surface area contributed by atoms with Crippen LogP contribution in [0.2, 0.25) is 0 Å². The second-order valence-electron chi connectivity index (χ2n) is 19.1. The minimum absolute atomic E-state index is 0.0127. The lowest BCUT2D eigenvalue weighted by atomic mass is 9.45. The Morgan fingerprint density at radius 3 is 2.30 bits per heavy atom. The fraction of sp³-hybridized carbons (Fsp3) is 0.565. The Morgan fingerprint density at radius 2 is 1.65 bits per heavy atom. The zero-order valence-corrected chi connectivity index (χ0v) is 36.6. The third-order valence-electron chi connectivity index (χ3n) is 13.1. The highest BCUT2D eigenvalue weighted by molar-refractivity contribution is 7.89. The van der Waals surface area contributed by atoms with Crippen LogP contribution >= 0.6 is 0 Å². The number of hydrogen-bond donors (Lipinski definition) is 1. The molecule has 1 saturated heterocycles. The van der Waals surface area contributed by atoms with Crippen molar-refractivity contribution in [2.24, 2.45) is 28.6 Å². The van der Waals surface area contributed by atoms with Gasteiger partial charge in [0.2, 0.25) is 15.9 Å². The van der Waals surface area contributed by atoms with Crippen LogP contribution in [0.1, 0.15) is 83.9 Å². The van der Waals surface area contributed by atoms with Gasteiger partial charge in [-0.15, -0.1) is 0 Å². The van der Waals surface area contributed by atoms with Crippen molar-refractivity contribution < 1.29 is 40.3 Å². The summed E-state index contributed by atoms with van der Waals surface area (Å²) in [6.07, 6.45) is -2.21. The van der Waals surface area contributed by atoms with E-state index >= 15 is 0 Å². The molecule has 1 amide bonds. The van der Waals surface area contributed by atoms with Gasteiger partial charge in [0, 0.05) is 38.3 Å². The summed E-state index contributed by atoms with van der Waals surface area (Å²) in [5.41, 5.74) is 4.27. The van der Waals surface area contributed by atoms with Gasteiger partial charge < -0.3 is 10.1 Å². The highest BCUT2D eigenvalue weighted by atomic mass is 32.2. The van der Waals surface area contributed by atoms with Crippen molar-refractivity contribution in [3.63, 3.8) is 0 Å². The van der Waals surface area contributed by atoms with Gasteiger partial charge in [0.05, 0.1) is 5.75 Å². The molecule has 3 aromatic carbocycles. The SMILES string of the molecule is C[C@@H]1[C@@H](NC(=O)C2CCS(=O)(=O)N2Cc2cccc(CN(Cc3ccccc3-c3ccc(F)cc3)[C@H](CN(C)COC(=O)C(F)(F)F)CC(C)(C)C)c2)C[C@H]2C[C@@H]1C2(C)C. The number of nitrogens with zero attached hydrogens (tertiary/aromatic N) is 3.